The van der Waals surface area contributed by atoms with Crippen molar-refractivity contribution in [2.24, 2.45) is 22.4 Å². The van der Waals surface area contributed by atoms with Gasteiger partial charge in [-0.1, -0.05) is 78.1 Å². The summed E-state index contributed by atoms with van der Waals surface area (Å²) in [6, 6.07) is 0. The van der Waals surface area contributed by atoms with Crippen molar-refractivity contribution in [2.45, 2.75) is 96.9 Å². The average molecular weight is 328 g/mol. The third-order valence-corrected chi connectivity index (χ3v) is 4.74. The molecule has 0 saturated carbocycles. The predicted molar refractivity (Wildman–Crippen MR) is 97.5 cm³/mol. The van der Waals surface area contributed by atoms with Gasteiger partial charge in [0.2, 0.25) is 0 Å². The largest absolute Gasteiger partial charge is 0.479 e. The summed E-state index contributed by atoms with van der Waals surface area (Å²) in [4.78, 5) is 15.4. The van der Waals surface area contributed by atoms with E-state index in [4.69, 9.17) is 11.5 Å². The molecule has 0 aliphatic heterocycles. The van der Waals surface area contributed by atoms with E-state index in [0.29, 0.717) is 0 Å². The molecule has 2 atom stereocenters. The van der Waals surface area contributed by atoms with Crippen LogP contribution < -0.4 is 11.5 Å². The molecular formula is C18H37N3O2. The van der Waals surface area contributed by atoms with Gasteiger partial charge in [-0.2, -0.15) is 0 Å². The Labute approximate surface area is 141 Å². The number of rotatable bonds is 14. The number of hydrogen-bond acceptors (Lipinski definition) is 2. The van der Waals surface area contributed by atoms with Crippen LogP contribution in [0, 0.1) is 5.92 Å². The van der Waals surface area contributed by atoms with Crippen molar-refractivity contribution in [3.63, 3.8) is 0 Å². The average Bonchev–Trinajstić information content (AvgIpc) is 2.47. The number of unbranched alkanes of at least 4 members (excludes halogenated alkanes) is 9. The fourth-order valence-corrected chi connectivity index (χ4v) is 2.86. The van der Waals surface area contributed by atoms with Gasteiger partial charge < -0.3 is 16.6 Å². The van der Waals surface area contributed by atoms with E-state index in [-0.39, 0.29) is 11.9 Å². The standard InChI is InChI=1S/C18H37N3O2/c1-4-5-6-7-8-9-10-11-12-13-14-15(2)18(3,16(22)23)21-17(19)20/h15H,4-14H2,1-3H3,(H,22,23)(H4,19,20,21). The lowest BCUT2D eigenvalue weighted by molar-refractivity contribution is -0.144. The van der Waals surface area contributed by atoms with E-state index >= 15 is 0 Å². The Hall–Kier alpha value is -1.26. The highest BCUT2D eigenvalue weighted by molar-refractivity contribution is 5.85. The molecule has 5 nitrogen and oxygen atoms in total. The van der Waals surface area contributed by atoms with Crippen molar-refractivity contribution in [3.05, 3.63) is 0 Å². The minimum Gasteiger partial charge on any atom is -0.479 e. The molecule has 0 radical (unpaired) electrons. The van der Waals surface area contributed by atoms with Crippen LogP contribution in [-0.4, -0.2) is 22.6 Å². The van der Waals surface area contributed by atoms with E-state index < -0.39 is 11.5 Å². The zero-order valence-corrected chi connectivity index (χ0v) is 15.3. The molecule has 0 saturated heterocycles. The van der Waals surface area contributed by atoms with Gasteiger partial charge in [0.1, 0.15) is 0 Å². The summed E-state index contributed by atoms with van der Waals surface area (Å²) in [5, 5.41) is 9.39. The summed E-state index contributed by atoms with van der Waals surface area (Å²) >= 11 is 0. The lowest BCUT2D eigenvalue weighted by Gasteiger charge is -2.27. The quantitative estimate of drug-likeness (QED) is 0.254. The van der Waals surface area contributed by atoms with Crippen LogP contribution in [0.2, 0.25) is 0 Å². The molecule has 23 heavy (non-hydrogen) atoms. The van der Waals surface area contributed by atoms with Crippen LogP contribution in [0.5, 0.6) is 0 Å². The van der Waals surface area contributed by atoms with Gasteiger partial charge in [-0.05, 0) is 19.3 Å². The van der Waals surface area contributed by atoms with Crippen molar-refractivity contribution in [1.82, 2.24) is 0 Å². The number of carboxylic acids is 1. The highest BCUT2D eigenvalue weighted by atomic mass is 16.4. The van der Waals surface area contributed by atoms with Crippen LogP contribution in [0.3, 0.4) is 0 Å². The second kappa shape index (κ2) is 12.2. The Morgan fingerprint density at radius 1 is 1.00 bits per heavy atom. The summed E-state index contributed by atoms with van der Waals surface area (Å²) in [6.45, 7) is 5.74. The van der Waals surface area contributed by atoms with Crippen LogP contribution in [0.1, 0.15) is 91.4 Å². The first-order valence-corrected chi connectivity index (χ1v) is 9.18. The monoisotopic (exact) mass is 327 g/mol. The summed E-state index contributed by atoms with van der Waals surface area (Å²) in [5.74, 6) is -1.22. The number of nitrogens with zero attached hydrogens (tertiary/aromatic N) is 1. The topological polar surface area (TPSA) is 102 Å². The number of hydrogen-bond donors (Lipinski definition) is 3. The third kappa shape index (κ3) is 9.47. The minimum absolute atomic E-state index is 0.0869. The first-order valence-electron chi connectivity index (χ1n) is 9.18. The predicted octanol–water partition coefficient (Wildman–Crippen LogP) is 4.05. The van der Waals surface area contributed by atoms with Crippen LogP contribution in [0.25, 0.3) is 0 Å². The molecule has 0 spiro atoms. The summed E-state index contributed by atoms with van der Waals surface area (Å²) in [6.07, 6.45) is 13.6. The molecule has 5 N–H and O–H groups in total. The molecule has 0 aromatic rings. The first-order chi connectivity index (χ1) is 10.8. The van der Waals surface area contributed by atoms with E-state index in [0.717, 1.165) is 19.3 Å². The van der Waals surface area contributed by atoms with E-state index in [2.05, 4.69) is 11.9 Å². The molecule has 5 heteroatoms. The Balaban J connectivity index is 3.86. The molecular weight excluding hydrogens is 290 g/mol. The molecule has 0 aliphatic carbocycles. The number of carboxylic acid groups (broad SMARTS) is 1. The SMILES string of the molecule is CCCCCCCCCCCCC(C)C(C)(N=C(N)N)C(=O)O. The fourth-order valence-electron chi connectivity index (χ4n) is 2.86. The number of guanidine groups is 1. The number of carbonyl (C=O) groups is 1. The van der Waals surface area contributed by atoms with E-state index in [1.54, 1.807) is 6.92 Å². The van der Waals surface area contributed by atoms with Gasteiger partial charge in [0.05, 0.1) is 0 Å². The molecule has 0 aliphatic rings. The summed E-state index contributed by atoms with van der Waals surface area (Å²) in [5.41, 5.74) is 9.52. The van der Waals surface area contributed by atoms with Crippen molar-refractivity contribution >= 4 is 11.9 Å². The maximum Gasteiger partial charge on any atom is 0.331 e. The lowest BCUT2D eigenvalue weighted by Crippen LogP contribution is -2.43. The lowest BCUT2D eigenvalue weighted by atomic mass is 9.83. The number of nitrogens with two attached hydrogens (primary N) is 2. The van der Waals surface area contributed by atoms with Crippen LogP contribution >= 0.6 is 0 Å². The molecule has 0 amide bonds. The first kappa shape index (κ1) is 21.7. The second-order valence-electron chi connectivity index (χ2n) is 6.86. The molecule has 0 heterocycles. The zero-order chi connectivity index (χ0) is 17.7. The Morgan fingerprint density at radius 3 is 1.83 bits per heavy atom. The van der Waals surface area contributed by atoms with Crippen molar-refractivity contribution < 1.29 is 9.90 Å². The van der Waals surface area contributed by atoms with Gasteiger partial charge in [0.15, 0.2) is 11.5 Å². The maximum absolute atomic E-state index is 11.5. The van der Waals surface area contributed by atoms with Crippen LogP contribution in [0.4, 0.5) is 0 Å². The van der Waals surface area contributed by atoms with Crippen molar-refractivity contribution in [1.29, 1.82) is 0 Å². The van der Waals surface area contributed by atoms with Crippen molar-refractivity contribution in [2.75, 3.05) is 0 Å². The van der Waals surface area contributed by atoms with E-state index in [1.807, 2.05) is 6.92 Å². The fraction of sp³-hybridized carbons (Fsp3) is 0.889. The minimum atomic E-state index is -1.22. The molecule has 2 unspecified atom stereocenters. The van der Waals surface area contributed by atoms with Gasteiger partial charge in [0, 0.05) is 0 Å². The molecule has 0 fully saturated rings. The molecule has 0 rings (SSSR count). The Kier molecular flexibility index (Phi) is 11.5. The summed E-state index contributed by atoms with van der Waals surface area (Å²) in [7, 11) is 0. The van der Waals surface area contributed by atoms with Gasteiger partial charge in [-0.25, -0.2) is 9.79 Å². The van der Waals surface area contributed by atoms with Crippen LogP contribution in [-0.2, 0) is 4.79 Å². The smallest absolute Gasteiger partial charge is 0.331 e. The van der Waals surface area contributed by atoms with Gasteiger partial charge in [0.25, 0.3) is 0 Å². The Morgan fingerprint density at radius 2 is 1.43 bits per heavy atom. The van der Waals surface area contributed by atoms with E-state index in [1.165, 1.54) is 51.4 Å². The Bertz CT molecular complexity index is 354. The van der Waals surface area contributed by atoms with Gasteiger partial charge in [-0.15, -0.1) is 0 Å². The normalized spacial score (nSPS) is 14.9. The molecule has 0 aromatic heterocycles. The number of aliphatic carboxylic acids is 1. The second-order valence-corrected chi connectivity index (χ2v) is 6.86. The summed E-state index contributed by atoms with van der Waals surface area (Å²) < 4.78 is 0. The molecule has 0 bridgehead atoms. The van der Waals surface area contributed by atoms with Crippen LogP contribution in [0.15, 0.2) is 4.99 Å². The van der Waals surface area contributed by atoms with E-state index in [9.17, 15) is 9.90 Å². The van der Waals surface area contributed by atoms with Crippen molar-refractivity contribution in [3.8, 4) is 0 Å². The molecule has 0 aromatic carbocycles. The zero-order valence-electron chi connectivity index (χ0n) is 15.3. The number of aliphatic imine (C=N–C) groups is 1. The molecule has 136 valence electrons. The third-order valence-electron chi connectivity index (χ3n) is 4.74. The van der Waals surface area contributed by atoms with Gasteiger partial charge >= 0.3 is 5.97 Å². The highest BCUT2D eigenvalue weighted by Gasteiger charge is 2.38. The highest BCUT2D eigenvalue weighted by Crippen LogP contribution is 2.27. The van der Waals surface area contributed by atoms with Gasteiger partial charge in [-0.3, -0.25) is 0 Å². The maximum atomic E-state index is 11.5.